The first kappa shape index (κ1) is 13.5. The van der Waals surface area contributed by atoms with Crippen LogP contribution in [0.5, 0.6) is 0 Å². The number of nitrogens with zero attached hydrogens (tertiary/aromatic N) is 1. The van der Waals surface area contributed by atoms with Crippen LogP contribution in [0, 0.1) is 5.82 Å². The molecule has 1 aromatic carbocycles. The molecule has 2 amide bonds. The number of benzene rings is 1. The van der Waals surface area contributed by atoms with E-state index >= 15 is 0 Å². The molecule has 0 spiro atoms. The van der Waals surface area contributed by atoms with Crippen LogP contribution in [-0.2, 0) is 16.1 Å². The van der Waals surface area contributed by atoms with E-state index in [1.807, 2.05) is 0 Å². The summed E-state index contributed by atoms with van der Waals surface area (Å²) in [7, 11) is 0. The summed E-state index contributed by atoms with van der Waals surface area (Å²) in [5.41, 5.74) is 5.71. The van der Waals surface area contributed by atoms with E-state index in [0.717, 1.165) is 0 Å². The van der Waals surface area contributed by atoms with E-state index < -0.39 is 11.4 Å². The van der Waals surface area contributed by atoms with E-state index in [9.17, 15) is 14.0 Å². The summed E-state index contributed by atoms with van der Waals surface area (Å²) in [5, 5.41) is 2.29. The van der Waals surface area contributed by atoms with Crippen LogP contribution in [0.4, 0.5) is 10.1 Å². The van der Waals surface area contributed by atoms with Gasteiger partial charge in [-0.05, 0) is 37.6 Å². The van der Waals surface area contributed by atoms with Crippen LogP contribution in [0.15, 0.2) is 18.2 Å². The third-order valence-electron chi connectivity index (χ3n) is 3.29. The van der Waals surface area contributed by atoms with Crippen molar-refractivity contribution in [3.05, 3.63) is 29.6 Å². The van der Waals surface area contributed by atoms with E-state index in [-0.39, 0.29) is 24.9 Å². The van der Waals surface area contributed by atoms with Crippen molar-refractivity contribution in [3.63, 3.8) is 0 Å². The van der Waals surface area contributed by atoms with Crippen molar-refractivity contribution in [1.29, 1.82) is 0 Å². The number of carbonyl (C=O) groups is 2. The smallest absolute Gasteiger partial charge is 0.246 e. The number of nitrogen functional groups attached to an aromatic ring is 1. The topological polar surface area (TPSA) is 75.4 Å². The Hall–Kier alpha value is -1.95. The number of carbonyl (C=O) groups excluding carboxylic acids is 2. The maximum atomic E-state index is 13.3. The van der Waals surface area contributed by atoms with Gasteiger partial charge in [-0.25, -0.2) is 4.39 Å². The third-order valence-corrected chi connectivity index (χ3v) is 3.29. The Morgan fingerprint density at radius 2 is 2.05 bits per heavy atom. The maximum Gasteiger partial charge on any atom is 0.246 e. The molecule has 1 aliphatic rings. The number of hydrogen-bond acceptors (Lipinski definition) is 4. The summed E-state index contributed by atoms with van der Waals surface area (Å²) in [4.78, 5) is 24.9. The Kier molecular flexibility index (Phi) is 3.28. The zero-order valence-electron chi connectivity index (χ0n) is 10.9. The second-order valence-corrected chi connectivity index (χ2v) is 5.19. The van der Waals surface area contributed by atoms with Crippen LogP contribution in [0.25, 0.3) is 0 Å². The van der Waals surface area contributed by atoms with Crippen LogP contribution < -0.4 is 11.1 Å². The summed E-state index contributed by atoms with van der Waals surface area (Å²) in [6.45, 7) is 3.82. The largest absolute Gasteiger partial charge is 0.399 e. The van der Waals surface area contributed by atoms with Gasteiger partial charge in [0.25, 0.3) is 0 Å². The van der Waals surface area contributed by atoms with Crippen molar-refractivity contribution in [1.82, 2.24) is 10.2 Å². The second-order valence-electron chi connectivity index (χ2n) is 5.19. The molecule has 19 heavy (non-hydrogen) atoms. The standard InChI is InChI=1S/C13H16FN3O2/c1-13(2)12(19)16-11(18)7-17(13)6-8-3-9(14)5-10(15)4-8/h3-5H,6-7,15H2,1-2H3,(H,16,18,19). The number of rotatable bonds is 2. The maximum absolute atomic E-state index is 13.3. The number of halogens is 1. The highest BCUT2D eigenvalue weighted by Gasteiger charge is 2.40. The molecule has 0 saturated carbocycles. The fraction of sp³-hybridized carbons (Fsp3) is 0.385. The number of piperazine rings is 1. The van der Waals surface area contributed by atoms with Crippen molar-refractivity contribution in [2.45, 2.75) is 25.9 Å². The molecule has 102 valence electrons. The average molecular weight is 265 g/mol. The molecule has 6 heteroatoms. The molecule has 1 saturated heterocycles. The molecular formula is C13H16FN3O2. The molecule has 1 heterocycles. The van der Waals surface area contributed by atoms with Gasteiger partial charge in [-0.3, -0.25) is 19.8 Å². The van der Waals surface area contributed by atoms with Gasteiger partial charge in [-0.1, -0.05) is 0 Å². The van der Waals surface area contributed by atoms with Gasteiger partial charge >= 0.3 is 0 Å². The van der Waals surface area contributed by atoms with Crippen LogP contribution >= 0.6 is 0 Å². The van der Waals surface area contributed by atoms with E-state index in [0.29, 0.717) is 11.3 Å². The molecule has 1 aliphatic heterocycles. The number of nitrogens with two attached hydrogens (primary N) is 1. The summed E-state index contributed by atoms with van der Waals surface area (Å²) in [6.07, 6.45) is 0. The highest BCUT2D eigenvalue weighted by molar-refractivity contribution is 6.02. The zero-order chi connectivity index (χ0) is 14.2. The van der Waals surface area contributed by atoms with Gasteiger partial charge in [0.1, 0.15) is 5.82 Å². The van der Waals surface area contributed by atoms with Gasteiger partial charge in [-0.15, -0.1) is 0 Å². The minimum Gasteiger partial charge on any atom is -0.399 e. The lowest BCUT2D eigenvalue weighted by Crippen LogP contribution is -2.63. The number of amides is 2. The molecule has 2 rings (SSSR count). The lowest BCUT2D eigenvalue weighted by Gasteiger charge is -2.40. The average Bonchev–Trinajstić information content (AvgIpc) is 2.24. The van der Waals surface area contributed by atoms with E-state index in [1.54, 1.807) is 24.8 Å². The van der Waals surface area contributed by atoms with Crippen molar-refractivity contribution in [2.75, 3.05) is 12.3 Å². The van der Waals surface area contributed by atoms with Crippen LogP contribution in [0.3, 0.4) is 0 Å². The van der Waals surface area contributed by atoms with E-state index in [4.69, 9.17) is 5.73 Å². The zero-order valence-corrected chi connectivity index (χ0v) is 10.9. The predicted molar refractivity (Wildman–Crippen MR) is 68.5 cm³/mol. The Bertz CT molecular complexity index is 522. The second kappa shape index (κ2) is 4.62. The van der Waals surface area contributed by atoms with Crippen LogP contribution in [0.2, 0.25) is 0 Å². The number of nitrogens with one attached hydrogen (secondary N) is 1. The van der Waals surface area contributed by atoms with Gasteiger partial charge in [0.2, 0.25) is 11.8 Å². The Balaban J connectivity index is 2.25. The normalized spacial score (nSPS) is 19.3. The van der Waals surface area contributed by atoms with Gasteiger partial charge in [0, 0.05) is 12.2 Å². The molecule has 1 aromatic rings. The highest BCUT2D eigenvalue weighted by atomic mass is 19.1. The SMILES string of the molecule is CC1(C)C(=O)NC(=O)CN1Cc1cc(N)cc(F)c1. The van der Waals surface area contributed by atoms with Gasteiger partial charge < -0.3 is 5.73 Å². The first-order chi connectivity index (χ1) is 8.79. The lowest BCUT2D eigenvalue weighted by molar-refractivity contribution is -0.145. The fourth-order valence-electron chi connectivity index (χ4n) is 2.07. The summed E-state index contributed by atoms with van der Waals surface area (Å²) < 4.78 is 13.3. The Labute approximate surface area is 110 Å². The van der Waals surface area contributed by atoms with E-state index in [2.05, 4.69) is 5.32 Å². The van der Waals surface area contributed by atoms with Crippen LogP contribution in [-0.4, -0.2) is 28.8 Å². The summed E-state index contributed by atoms with van der Waals surface area (Å²) in [5.74, 6) is -1.14. The quantitative estimate of drug-likeness (QED) is 0.608. The number of anilines is 1. The molecule has 0 unspecified atom stereocenters. The number of hydrogen-bond donors (Lipinski definition) is 2. The lowest BCUT2D eigenvalue weighted by atomic mass is 9.97. The highest BCUT2D eigenvalue weighted by Crippen LogP contribution is 2.22. The summed E-state index contributed by atoms with van der Waals surface area (Å²) >= 11 is 0. The molecule has 0 radical (unpaired) electrons. The van der Waals surface area contributed by atoms with Crippen molar-refractivity contribution < 1.29 is 14.0 Å². The van der Waals surface area contributed by atoms with Crippen molar-refractivity contribution in [3.8, 4) is 0 Å². The minimum atomic E-state index is -0.824. The first-order valence-electron chi connectivity index (χ1n) is 5.93. The predicted octanol–water partition coefficient (Wildman–Crippen LogP) is 0.645. The first-order valence-corrected chi connectivity index (χ1v) is 5.93. The third kappa shape index (κ3) is 2.73. The monoisotopic (exact) mass is 265 g/mol. The minimum absolute atomic E-state index is 0.0924. The number of imide groups is 1. The van der Waals surface area contributed by atoms with Crippen molar-refractivity contribution >= 4 is 17.5 Å². The molecule has 0 aromatic heterocycles. The molecule has 0 atom stereocenters. The fourth-order valence-corrected chi connectivity index (χ4v) is 2.07. The Morgan fingerprint density at radius 3 is 2.68 bits per heavy atom. The molecular weight excluding hydrogens is 249 g/mol. The van der Waals surface area contributed by atoms with E-state index in [1.165, 1.54) is 12.1 Å². The van der Waals surface area contributed by atoms with Crippen molar-refractivity contribution in [2.24, 2.45) is 0 Å². The van der Waals surface area contributed by atoms with Gasteiger partial charge in [0.15, 0.2) is 0 Å². The molecule has 5 nitrogen and oxygen atoms in total. The molecule has 1 fully saturated rings. The van der Waals surface area contributed by atoms with Gasteiger partial charge in [0.05, 0.1) is 12.1 Å². The molecule has 0 bridgehead atoms. The van der Waals surface area contributed by atoms with Gasteiger partial charge in [-0.2, -0.15) is 0 Å². The summed E-state index contributed by atoms with van der Waals surface area (Å²) in [6, 6.07) is 4.21. The molecule has 3 N–H and O–H groups in total. The molecule has 0 aliphatic carbocycles. The van der Waals surface area contributed by atoms with Crippen LogP contribution in [0.1, 0.15) is 19.4 Å². The Morgan fingerprint density at radius 1 is 1.37 bits per heavy atom.